The molecule has 1 heterocycles. The van der Waals surface area contributed by atoms with Gasteiger partial charge in [-0.3, -0.25) is 4.79 Å². The Labute approximate surface area is 211 Å². The van der Waals surface area contributed by atoms with Crippen LogP contribution in [0.4, 0.5) is 10.1 Å². The van der Waals surface area contributed by atoms with E-state index in [1.165, 1.54) is 24.3 Å². The van der Waals surface area contributed by atoms with Crippen molar-refractivity contribution in [1.29, 1.82) is 0 Å². The molecule has 0 unspecified atom stereocenters. The number of hydrogen-bond acceptors (Lipinski definition) is 5. The fraction of sp³-hybridized carbons (Fsp3) is 0.160. The van der Waals surface area contributed by atoms with Gasteiger partial charge in [0.25, 0.3) is 5.91 Å². The lowest BCUT2D eigenvalue weighted by molar-refractivity contribution is 0.102. The van der Waals surface area contributed by atoms with Gasteiger partial charge in [0.2, 0.25) is 0 Å². The zero-order valence-electron chi connectivity index (χ0n) is 18.7. The number of carbonyl (C=O) groups is 1. The quantitative estimate of drug-likeness (QED) is 0.275. The van der Waals surface area contributed by atoms with E-state index in [-0.39, 0.29) is 18.5 Å². The summed E-state index contributed by atoms with van der Waals surface area (Å²) in [6.45, 7) is 3.16. The van der Waals surface area contributed by atoms with Crippen molar-refractivity contribution in [2.24, 2.45) is 0 Å². The average molecular weight is 515 g/mol. The van der Waals surface area contributed by atoms with Crippen LogP contribution in [0, 0.1) is 5.82 Å². The number of nitrogens with one attached hydrogen (secondary N) is 1. The monoisotopic (exact) mass is 514 g/mol. The Kier molecular flexibility index (Phi) is 7.97. The maximum atomic E-state index is 13.2. The van der Waals surface area contributed by atoms with E-state index in [9.17, 15) is 9.18 Å². The standard InChI is InChI=1S/C25H21Cl2FN4O3/c1-2-34-12-13-35-25-30-23(17-8-11-21(26)22(27)14-17)32(31-25)20-5-3-4-19(15-20)29-24(33)16-6-9-18(28)10-7-16/h3-11,14-15H,2,12-13H2,1H3,(H,29,33). The fourth-order valence-corrected chi connectivity index (χ4v) is 3.51. The molecule has 0 atom stereocenters. The Morgan fingerprint density at radius 2 is 1.83 bits per heavy atom. The highest BCUT2D eigenvalue weighted by Crippen LogP contribution is 2.30. The third kappa shape index (κ3) is 6.16. The molecule has 4 rings (SSSR count). The van der Waals surface area contributed by atoms with Crippen LogP contribution in [0.5, 0.6) is 6.01 Å². The summed E-state index contributed by atoms with van der Waals surface area (Å²) in [6, 6.07) is 17.7. The van der Waals surface area contributed by atoms with Crippen LogP contribution in [0.25, 0.3) is 17.1 Å². The molecule has 0 fully saturated rings. The Bertz CT molecular complexity index is 1330. The number of anilines is 1. The Hall–Kier alpha value is -3.46. The predicted octanol–water partition coefficient (Wildman–Crippen LogP) is 6.05. The predicted molar refractivity (Wildman–Crippen MR) is 133 cm³/mol. The molecular formula is C25H21Cl2FN4O3. The minimum Gasteiger partial charge on any atom is -0.460 e. The van der Waals surface area contributed by atoms with E-state index >= 15 is 0 Å². The largest absolute Gasteiger partial charge is 0.460 e. The van der Waals surface area contributed by atoms with E-state index in [1.807, 2.05) is 13.0 Å². The zero-order chi connectivity index (χ0) is 24.8. The van der Waals surface area contributed by atoms with E-state index in [1.54, 1.807) is 41.1 Å². The van der Waals surface area contributed by atoms with Crippen molar-refractivity contribution in [1.82, 2.24) is 14.8 Å². The number of nitrogens with zero attached hydrogens (tertiary/aromatic N) is 3. The minimum absolute atomic E-state index is 0.159. The first kappa shape index (κ1) is 24.7. The van der Waals surface area contributed by atoms with Gasteiger partial charge >= 0.3 is 6.01 Å². The van der Waals surface area contributed by atoms with Gasteiger partial charge < -0.3 is 14.8 Å². The molecule has 0 bridgehead atoms. The molecule has 0 saturated heterocycles. The summed E-state index contributed by atoms with van der Waals surface area (Å²) in [5.41, 5.74) is 2.15. The summed E-state index contributed by atoms with van der Waals surface area (Å²) in [6.07, 6.45) is 0. The van der Waals surface area contributed by atoms with E-state index in [0.717, 1.165) is 0 Å². The fourth-order valence-electron chi connectivity index (χ4n) is 3.21. The molecule has 0 saturated carbocycles. The third-order valence-electron chi connectivity index (χ3n) is 4.88. The number of benzene rings is 3. The molecule has 1 aromatic heterocycles. The normalized spacial score (nSPS) is 10.9. The highest BCUT2D eigenvalue weighted by Gasteiger charge is 2.17. The highest BCUT2D eigenvalue weighted by molar-refractivity contribution is 6.42. The molecule has 180 valence electrons. The molecule has 4 aromatic rings. The van der Waals surface area contributed by atoms with Gasteiger partial charge in [-0.25, -0.2) is 9.07 Å². The van der Waals surface area contributed by atoms with Crippen molar-refractivity contribution in [2.45, 2.75) is 6.92 Å². The van der Waals surface area contributed by atoms with Gasteiger partial charge in [0.1, 0.15) is 12.4 Å². The number of carbonyl (C=O) groups excluding carboxylic acids is 1. The third-order valence-corrected chi connectivity index (χ3v) is 5.62. The minimum atomic E-state index is -0.413. The van der Waals surface area contributed by atoms with Crippen molar-refractivity contribution in [2.75, 3.05) is 25.1 Å². The molecule has 7 nitrogen and oxygen atoms in total. The summed E-state index contributed by atoms with van der Waals surface area (Å²) in [5.74, 6) is -0.314. The van der Waals surface area contributed by atoms with Crippen molar-refractivity contribution in [3.05, 3.63) is 88.2 Å². The van der Waals surface area contributed by atoms with Crippen LogP contribution in [-0.2, 0) is 4.74 Å². The van der Waals surface area contributed by atoms with E-state index in [4.69, 9.17) is 32.7 Å². The topological polar surface area (TPSA) is 78.3 Å². The number of hydrogen-bond donors (Lipinski definition) is 1. The van der Waals surface area contributed by atoms with Crippen LogP contribution >= 0.6 is 23.2 Å². The summed E-state index contributed by atoms with van der Waals surface area (Å²) in [4.78, 5) is 17.1. The van der Waals surface area contributed by atoms with Crippen molar-refractivity contribution < 1.29 is 18.7 Å². The zero-order valence-corrected chi connectivity index (χ0v) is 20.2. The van der Waals surface area contributed by atoms with E-state index in [2.05, 4.69) is 15.4 Å². The number of rotatable bonds is 9. The van der Waals surface area contributed by atoms with Crippen molar-refractivity contribution in [3.8, 4) is 23.1 Å². The summed E-state index contributed by atoms with van der Waals surface area (Å²) in [5, 5.41) is 8.09. The first-order valence-corrected chi connectivity index (χ1v) is 11.5. The summed E-state index contributed by atoms with van der Waals surface area (Å²) >= 11 is 12.3. The lowest BCUT2D eigenvalue weighted by atomic mass is 10.2. The van der Waals surface area contributed by atoms with Gasteiger partial charge in [0.15, 0.2) is 5.82 Å². The van der Waals surface area contributed by atoms with Crippen LogP contribution < -0.4 is 10.1 Å². The van der Waals surface area contributed by atoms with Gasteiger partial charge in [-0.1, -0.05) is 29.3 Å². The van der Waals surface area contributed by atoms with Crippen LogP contribution in [0.3, 0.4) is 0 Å². The lowest BCUT2D eigenvalue weighted by Crippen LogP contribution is -2.12. The van der Waals surface area contributed by atoms with Crippen LogP contribution in [-0.4, -0.2) is 40.5 Å². The SMILES string of the molecule is CCOCCOc1nc(-c2ccc(Cl)c(Cl)c2)n(-c2cccc(NC(=O)c3ccc(F)cc3)c2)n1. The van der Waals surface area contributed by atoms with Gasteiger partial charge in [-0.2, -0.15) is 4.98 Å². The number of amides is 1. The van der Waals surface area contributed by atoms with Crippen molar-refractivity contribution in [3.63, 3.8) is 0 Å². The van der Waals surface area contributed by atoms with Crippen molar-refractivity contribution >= 4 is 34.8 Å². The smallest absolute Gasteiger partial charge is 0.336 e. The molecule has 3 aromatic carbocycles. The maximum Gasteiger partial charge on any atom is 0.336 e. The van der Waals surface area contributed by atoms with Crippen LogP contribution in [0.1, 0.15) is 17.3 Å². The Morgan fingerprint density at radius 3 is 2.57 bits per heavy atom. The Morgan fingerprint density at radius 1 is 1.03 bits per heavy atom. The molecule has 0 aliphatic carbocycles. The maximum absolute atomic E-state index is 13.2. The molecule has 35 heavy (non-hydrogen) atoms. The molecule has 1 amide bonds. The van der Waals surface area contributed by atoms with E-state index < -0.39 is 5.82 Å². The van der Waals surface area contributed by atoms with Gasteiger partial charge in [-0.15, -0.1) is 5.10 Å². The molecular weight excluding hydrogens is 494 g/mol. The van der Waals surface area contributed by atoms with Crippen LogP contribution in [0.15, 0.2) is 66.7 Å². The molecule has 1 N–H and O–H groups in total. The van der Waals surface area contributed by atoms with Crippen LogP contribution in [0.2, 0.25) is 10.0 Å². The van der Waals surface area contributed by atoms with Gasteiger partial charge in [0, 0.05) is 23.4 Å². The molecule has 0 spiro atoms. The van der Waals surface area contributed by atoms with Gasteiger partial charge in [0.05, 0.1) is 22.3 Å². The van der Waals surface area contributed by atoms with E-state index in [0.29, 0.717) is 51.6 Å². The molecule has 0 radical (unpaired) electrons. The second kappa shape index (κ2) is 11.3. The molecule has 10 heteroatoms. The molecule has 0 aliphatic rings. The van der Waals surface area contributed by atoms with Gasteiger partial charge in [-0.05, 0) is 67.6 Å². The second-order valence-electron chi connectivity index (χ2n) is 7.32. The first-order valence-electron chi connectivity index (χ1n) is 10.7. The first-order chi connectivity index (χ1) is 16.9. The highest BCUT2D eigenvalue weighted by atomic mass is 35.5. The lowest BCUT2D eigenvalue weighted by Gasteiger charge is -2.10. The number of aromatic nitrogens is 3. The average Bonchev–Trinajstić information content (AvgIpc) is 3.28. The number of halogens is 3. The Balaban J connectivity index is 1.65. The summed E-state index contributed by atoms with van der Waals surface area (Å²) < 4.78 is 25.7. The summed E-state index contributed by atoms with van der Waals surface area (Å²) in [7, 11) is 0. The number of ether oxygens (including phenoxy) is 2. The molecule has 0 aliphatic heterocycles. The second-order valence-corrected chi connectivity index (χ2v) is 8.13.